The Kier molecular flexibility index (Phi) is 7.10. The van der Waals surface area contributed by atoms with Crippen molar-refractivity contribution in [3.8, 4) is 6.07 Å². The number of likely N-dealkylation sites (N-methyl/N-ethyl adjacent to an activating group) is 1. The number of rotatable bonds is 5. The van der Waals surface area contributed by atoms with Gasteiger partial charge in [0.05, 0.1) is 11.8 Å². The molecule has 2 amide bonds. The van der Waals surface area contributed by atoms with Crippen molar-refractivity contribution in [1.82, 2.24) is 10.6 Å². The first-order valence-corrected chi connectivity index (χ1v) is 11.6. The molecule has 0 spiro atoms. The maximum Gasteiger partial charge on any atom is 0.251 e. The number of anilines is 1. The molecule has 2 heterocycles. The number of benzene rings is 2. The maximum absolute atomic E-state index is 12.9. The van der Waals surface area contributed by atoms with E-state index in [1.54, 1.807) is 23.7 Å². The second-order valence-corrected chi connectivity index (χ2v) is 9.06. The minimum absolute atomic E-state index is 0.0422. The van der Waals surface area contributed by atoms with E-state index in [0.717, 1.165) is 34.7 Å². The maximum atomic E-state index is 12.9. The standard InChI is InChI=1S/C24H26N4O3S/c1-28-19-5-2-3-6-21(19)32-22(24(28)30)17-9-7-16(8-10-17)13-18(14-25)27-23(29)20-15-26-11-4-12-31-20/h2-3,5-10,18,20,22,26H,4,11-13,15H2,1H3,(H,27,29)/t18-,20?,22?/m0/s1. The van der Waals surface area contributed by atoms with Gasteiger partial charge in [-0.25, -0.2) is 0 Å². The van der Waals surface area contributed by atoms with Crippen LogP contribution in [0, 0.1) is 11.3 Å². The number of ether oxygens (including phenoxy) is 1. The number of hydrogen-bond donors (Lipinski definition) is 2. The molecule has 3 atom stereocenters. The van der Waals surface area contributed by atoms with Gasteiger partial charge >= 0.3 is 0 Å². The molecule has 1 saturated heterocycles. The first-order chi connectivity index (χ1) is 15.6. The molecule has 2 aliphatic heterocycles. The average Bonchev–Trinajstić information content (AvgIpc) is 3.11. The fourth-order valence-corrected chi connectivity index (χ4v) is 5.15. The number of hydrogen-bond acceptors (Lipinski definition) is 6. The molecule has 0 aromatic heterocycles. The average molecular weight is 451 g/mol. The Balaban J connectivity index is 1.40. The van der Waals surface area contributed by atoms with Crippen molar-refractivity contribution in [3.05, 3.63) is 59.7 Å². The predicted octanol–water partition coefficient (Wildman–Crippen LogP) is 2.43. The van der Waals surface area contributed by atoms with Crippen LogP contribution >= 0.6 is 11.8 Å². The van der Waals surface area contributed by atoms with Crippen molar-refractivity contribution in [1.29, 1.82) is 5.26 Å². The quantitative estimate of drug-likeness (QED) is 0.727. The van der Waals surface area contributed by atoms with Crippen LogP contribution in [0.1, 0.15) is 22.8 Å². The second-order valence-electron chi connectivity index (χ2n) is 7.92. The van der Waals surface area contributed by atoms with E-state index in [4.69, 9.17) is 4.74 Å². The number of amides is 2. The van der Waals surface area contributed by atoms with Crippen LogP contribution in [0.3, 0.4) is 0 Å². The Hall–Kier alpha value is -2.86. The monoisotopic (exact) mass is 450 g/mol. The van der Waals surface area contributed by atoms with Crippen LogP contribution in [0.2, 0.25) is 0 Å². The molecular weight excluding hydrogens is 424 g/mol. The molecular formula is C24H26N4O3S. The van der Waals surface area contributed by atoms with Crippen LogP contribution in [0.4, 0.5) is 5.69 Å². The Bertz CT molecular complexity index is 1010. The molecule has 2 unspecified atom stereocenters. The van der Waals surface area contributed by atoms with Gasteiger partial charge in [-0.15, -0.1) is 11.8 Å². The zero-order valence-electron chi connectivity index (χ0n) is 17.9. The van der Waals surface area contributed by atoms with Gasteiger partial charge in [0.15, 0.2) is 0 Å². The van der Waals surface area contributed by atoms with Crippen molar-refractivity contribution in [2.45, 2.75) is 35.1 Å². The van der Waals surface area contributed by atoms with E-state index in [1.807, 2.05) is 48.5 Å². The molecule has 1 fully saturated rings. The number of carbonyl (C=O) groups is 2. The topological polar surface area (TPSA) is 94.5 Å². The number of nitrogens with zero attached hydrogens (tertiary/aromatic N) is 2. The summed E-state index contributed by atoms with van der Waals surface area (Å²) in [5.74, 6) is -0.228. The number of nitrogens with one attached hydrogen (secondary N) is 2. The molecule has 0 saturated carbocycles. The van der Waals surface area contributed by atoms with Gasteiger partial charge in [0, 0.05) is 31.5 Å². The Morgan fingerprint density at radius 2 is 2.09 bits per heavy atom. The summed E-state index contributed by atoms with van der Waals surface area (Å²) in [7, 11) is 1.80. The third-order valence-electron chi connectivity index (χ3n) is 5.66. The van der Waals surface area contributed by atoms with E-state index in [2.05, 4.69) is 16.7 Å². The molecule has 0 radical (unpaired) electrons. The van der Waals surface area contributed by atoms with E-state index in [9.17, 15) is 14.9 Å². The summed E-state index contributed by atoms with van der Waals surface area (Å²) in [6.07, 6.45) is 0.669. The summed E-state index contributed by atoms with van der Waals surface area (Å²) in [4.78, 5) is 28.1. The number of thioether (sulfide) groups is 1. The van der Waals surface area contributed by atoms with E-state index in [-0.39, 0.29) is 17.1 Å². The van der Waals surface area contributed by atoms with Crippen molar-refractivity contribution < 1.29 is 14.3 Å². The van der Waals surface area contributed by atoms with Crippen LogP contribution in [-0.2, 0) is 20.7 Å². The molecule has 0 bridgehead atoms. The molecule has 2 aliphatic rings. The number of para-hydroxylation sites is 1. The third kappa shape index (κ3) is 4.96. The fraction of sp³-hybridized carbons (Fsp3) is 0.375. The molecule has 0 aliphatic carbocycles. The van der Waals surface area contributed by atoms with Crippen LogP contribution in [-0.4, -0.2) is 50.7 Å². The summed E-state index contributed by atoms with van der Waals surface area (Å²) in [6.45, 7) is 1.80. The lowest BCUT2D eigenvalue weighted by atomic mass is 10.0. The van der Waals surface area contributed by atoms with Crippen LogP contribution in [0.25, 0.3) is 0 Å². The highest BCUT2D eigenvalue weighted by Gasteiger charge is 2.32. The highest BCUT2D eigenvalue weighted by Crippen LogP contribution is 2.45. The smallest absolute Gasteiger partial charge is 0.251 e. The minimum atomic E-state index is -0.649. The molecule has 2 aromatic carbocycles. The van der Waals surface area contributed by atoms with Crippen molar-refractivity contribution in [2.75, 3.05) is 31.6 Å². The molecule has 166 valence electrons. The van der Waals surface area contributed by atoms with Crippen LogP contribution < -0.4 is 15.5 Å². The predicted molar refractivity (Wildman–Crippen MR) is 123 cm³/mol. The Labute approximate surface area is 192 Å². The minimum Gasteiger partial charge on any atom is -0.367 e. The summed E-state index contributed by atoms with van der Waals surface area (Å²) >= 11 is 1.55. The summed E-state index contributed by atoms with van der Waals surface area (Å²) < 4.78 is 5.56. The van der Waals surface area contributed by atoms with E-state index >= 15 is 0 Å². The van der Waals surface area contributed by atoms with Gasteiger partial charge in [0.1, 0.15) is 17.4 Å². The van der Waals surface area contributed by atoms with Crippen molar-refractivity contribution in [3.63, 3.8) is 0 Å². The highest BCUT2D eigenvalue weighted by molar-refractivity contribution is 8.00. The van der Waals surface area contributed by atoms with E-state index < -0.39 is 12.1 Å². The Morgan fingerprint density at radius 1 is 1.31 bits per heavy atom. The molecule has 7 nitrogen and oxygen atoms in total. The first-order valence-electron chi connectivity index (χ1n) is 10.7. The van der Waals surface area contributed by atoms with E-state index in [0.29, 0.717) is 19.6 Å². The summed E-state index contributed by atoms with van der Waals surface area (Å²) in [5.41, 5.74) is 2.76. The lowest BCUT2D eigenvalue weighted by molar-refractivity contribution is -0.132. The molecule has 8 heteroatoms. The van der Waals surface area contributed by atoms with Crippen molar-refractivity contribution >= 4 is 29.3 Å². The SMILES string of the molecule is CN1C(=O)C(c2ccc(C[C@@H](C#N)NC(=O)C3CNCCCO3)cc2)Sc2ccccc21. The van der Waals surface area contributed by atoms with Crippen LogP contribution in [0.15, 0.2) is 53.4 Å². The van der Waals surface area contributed by atoms with Gasteiger partial charge in [-0.3, -0.25) is 9.59 Å². The van der Waals surface area contributed by atoms with Gasteiger partial charge in [0.25, 0.3) is 5.91 Å². The molecule has 32 heavy (non-hydrogen) atoms. The van der Waals surface area contributed by atoms with Gasteiger partial charge in [-0.2, -0.15) is 5.26 Å². The first kappa shape index (κ1) is 22.3. The van der Waals surface area contributed by atoms with Gasteiger partial charge in [-0.05, 0) is 36.2 Å². The number of fused-ring (bicyclic) bond motifs is 1. The van der Waals surface area contributed by atoms with Gasteiger partial charge in [0.2, 0.25) is 5.91 Å². The van der Waals surface area contributed by atoms with E-state index in [1.165, 1.54) is 0 Å². The third-order valence-corrected chi connectivity index (χ3v) is 6.97. The molecule has 2 N–H and O–H groups in total. The number of nitriles is 1. The molecule has 2 aromatic rings. The van der Waals surface area contributed by atoms with Gasteiger partial charge in [-0.1, -0.05) is 36.4 Å². The van der Waals surface area contributed by atoms with Crippen molar-refractivity contribution in [2.24, 2.45) is 0 Å². The lowest BCUT2D eigenvalue weighted by Gasteiger charge is -2.31. The van der Waals surface area contributed by atoms with Crippen LogP contribution in [0.5, 0.6) is 0 Å². The Morgan fingerprint density at radius 3 is 2.88 bits per heavy atom. The largest absolute Gasteiger partial charge is 0.367 e. The lowest BCUT2D eigenvalue weighted by Crippen LogP contribution is -2.46. The fourth-order valence-electron chi connectivity index (χ4n) is 3.86. The second kappa shape index (κ2) is 10.2. The molecule has 4 rings (SSSR count). The van der Waals surface area contributed by atoms with Gasteiger partial charge < -0.3 is 20.3 Å². The summed E-state index contributed by atoms with van der Waals surface area (Å²) in [6, 6.07) is 17.1. The normalized spacial score (nSPS) is 21.8. The zero-order valence-corrected chi connectivity index (χ0v) is 18.7. The number of carbonyl (C=O) groups excluding carboxylic acids is 2. The zero-order chi connectivity index (χ0) is 22.5. The summed E-state index contributed by atoms with van der Waals surface area (Å²) in [5, 5.41) is 15.2. The highest BCUT2D eigenvalue weighted by atomic mass is 32.2.